The first-order valence-electron chi connectivity index (χ1n) is 6.92. The second-order valence-corrected chi connectivity index (χ2v) is 6.64. The van der Waals surface area contributed by atoms with Crippen LogP contribution in [-0.4, -0.2) is 36.7 Å². The third-order valence-electron chi connectivity index (χ3n) is 3.86. The van der Waals surface area contributed by atoms with Crippen LogP contribution < -0.4 is 0 Å². The summed E-state index contributed by atoms with van der Waals surface area (Å²) in [6.07, 6.45) is 6.04. The molecule has 2 N–H and O–H groups in total. The van der Waals surface area contributed by atoms with Gasteiger partial charge in [-0.05, 0) is 18.3 Å². The number of thioether (sulfide) groups is 1. The van der Waals surface area contributed by atoms with Gasteiger partial charge in [0.25, 0.3) is 0 Å². The van der Waals surface area contributed by atoms with E-state index in [0.29, 0.717) is 11.0 Å². The minimum absolute atomic E-state index is 0.0414. The smallest absolute Gasteiger partial charge is 0.313 e. The molecule has 6 nitrogen and oxygen atoms in total. The van der Waals surface area contributed by atoms with Crippen LogP contribution in [0.15, 0.2) is 5.16 Å². The van der Waals surface area contributed by atoms with Crippen LogP contribution in [0, 0.1) is 5.41 Å². The fraction of sp³-hybridized carbons (Fsp3) is 0.769. The molecule has 0 unspecified atom stereocenters. The monoisotopic (exact) mass is 299 g/mol. The molecule has 2 rings (SSSR count). The van der Waals surface area contributed by atoms with E-state index in [1.165, 1.54) is 19.3 Å². The van der Waals surface area contributed by atoms with Crippen molar-refractivity contribution >= 4 is 17.7 Å². The Bertz CT molecular complexity index is 469. The SMILES string of the molecule is CC1(Cn2c(CO)nnc2SCC(=O)O)CCCCC1. The second kappa shape index (κ2) is 6.58. The summed E-state index contributed by atoms with van der Waals surface area (Å²) < 4.78 is 1.89. The van der Waals surface area contributed by atoms with Gasteiger partial charge in [0.05, 0.1) is 5.75 Å². The maximum atomic E-state index is 10.7. The fourth-order valence-corrected chi connectivity index (χ4v) is 3.45. The predicted molar refractivity (Wildman–Crippen MR) is 75.5 cm³/mol. The minimum Gasteiger partial charge on any atom is -0.481 e. The van der Waals surface area contributed by atoms with Gasteiger partial charge < -0.3 is 14.8 Å². The van der Waals surface area contributed by atoms with Crippen molar-refractivity contribution in [2.75, 3.05) is 5.75 Å². The molecule has 0 atom stereocenters. The standard InChI is InChI=1S/C13H21N3O3S/c1-13(5-3-2-4-6-13)9-16-10(7-17)14-15-12(16)20-8-11(18)19/h17H,2-9H2,1H3,(H,18,19). The molecule has 7 heteroatoms. The molecular weight excluding hydrogens is 278 g/mol. The van der Waals surface area contributed by atoms with Gasteiger partial charge in [-0.25, -0.2) is 0 Å². The van der Waals surface area contributed by atoms with Crippen LogP contribution in [0.5, 0.6) is 0 Å². The molecule has 112 valence electrons. The number of hydrogen-bond donors (Lipinski definition) is 2. The summed E-state index contributed by atoms with van der Waals surface area (Å²) in [6, 6.07) is 0. The molecule has 0 radical (unpaired) electrons. The maximum Gasteiger partial charge on any atom is 0.313 e. The number of aromatic nitrogens is 3. The quantitative estimate of drug-likeness (QED) is 0.780. The van der Waals surface area contributed by atoms with Crippen LogP contribution >= 0.6 is 11.8 Å². The molecule has 20 heavy (non-hydrogen) atoms. The Hall–Kier alpha value is -1.08. The Balaban J connectivity index is 2.15. The highest BCUT2D eigenvalue weighted by atomic mass is 32.2. The van der Waals surface area contributed by atoms with Gasteiger partial charge in [-0.2, -0.15) is 0 Å². The molecule has 0 aromatic carbocycles. The van der Waals surface area contributed by atoms with Crippen LogP contribution in [0.3, 0.4) is 0 Å². The van der Waals surface area contributed by atoms with E-state index in [2.05, 4.69) is 17.1 Å². The van der Waals surface area contributed by atoms with Crippen molar-refractivity contribution in [3.63, 3.8) is 0 Å². The highest BCUT2D eigenvalue weighted by Crippen LogP contribution is 2.38. The van der Waals surface area contributed by atoms with Gasteiger partial charge in [0.15, 0.2) is 11.0 Å². The maximum absolute atomic E-state index is 10.7. The summed E-state index contributed by atoms with van der Waals surface area (Å²) >= 11 is 1.16. The zero-order chi connectivity index (χ0) is 14.6. The van der Waals surface area contributed by atoms with Crippen molar-refractivity contribution < 1.29 is 15.0 Å². The Morgan fingerprint density at radius 1 is 1.35 bits per heavy atom. The van der Waals surface area contributed by atoms with E-state index in [1.54, 1.807) is 0 Å². The van der Waals surface area contributed by atoms with Gasteiger partial charge in [-0.3, -0.25) is 4.79 Å². The molecule has 1 saturated carbocycles. The summed E-state index contributed by atoms with van der Waals surface area (Å²) in [5, 5.41) is 26.7. The lowest BCUT2D eigenvalue weighted by atomic mass is 9.75. The van der Waals surface area contributed by atoms with E-state index in [4.69, 9.17) is 5.11 Å². The molecule has 0 aliphatic heterocycles. The normalized spacial score (nSPS) is 18.1. The van der Waals surface area contributed by atoms with Crippen LogP contribution in [0.1, 0.15) is 44.9 Å². The lowest BCUT2D eigenvalue weighted by molar-refractivity contribution is -0.133. The number of hydrogen-bond acceptors (Lipinski definition) is 5. The van der Waals surface area contributed by atoms with Crippen LogP contribution in [-0.2, 0) is 17.9 Å². The van der Waals surface area contributed by atoms with Crippen molar-refractivity contribution in [3.05, 3.63) is 5.82 Å². The topological polar surface area (TPSA) is 88.2 Å². The van der Waals surface area contributed by atoms with Crippen molar-refractivity contribution in [1.29, 1.82) is 0 Å². The number of carboxylic acids is 1. The van der Waals surface area contributed by atoms with E-state index in [-0.39, 0.29) is 17.8 Å². The molecule has 0 spiro atoms. The molecule has 1 heterocycles. The molecule has 0 saturated heterocycles. The summed E-state index contributed by atoms with van der Waals surface area (Å²) in [6.45, 7) is 2.83. The van der Waals surface area contributed by atoms with Crippen molar-refractivity contribution in [2.45, 2.75) is 57.3 Å². The summed E-state index contributed by atoms with van der Waals surface area (Å²) in [4.78, 5) is 10.7. The molecule has 1 aliphatic rings. The highest BCUT2D eigenvalue weighted by Gasteiger charge is 2.29. The van der Waals surface area contributed by atoms with Crippen LogP contribution in [0.25, 0.3) is 0 Å². The number of aliphatic carboxylic acids is 1. The minimum atomic E-state index is -0.876. The molecule has 0 amide bonds. The average Bonchev–Trinajstić information content (AvgIpc) is 2.78. The van der Waals surface area contributed by atoms with Gasteiger partial charge in [0.2, 0.25) is 0 Å². The molecule has 1 aliphatic carbocycles. The number of carboxylic acid groups (broad SMARTS) is 1. The number of rotatable bonds is 6. The molecule has 0 bridgehead atoms. The Kier molecular flexibility index (Phi) is 5.04. The van der Waals surface area contributed by atoms with Gasteiger partial charge in [0.1, 0.15) is 6.61 Å². The first-order valence-corrected chi connectivity index (χ1v) is 7.90. The lowest BCUT2D eigenvalue weighted by Crippen LogP contribution is -2.27. The number of aliphatic hydroxyl groups excluding tert-OH is 1. The Morgan fingerprint density at radius 3 is 2.65 bits per heavy atom. The highest BCUT2D eigenvalue weighted by molar-refractivity contribution is 7.99. The van der Waals surface area contributed by atoms with Crippen molar-refractivity contribution in [3.8, 4) is 0 Å². The van der Waals surface area contributed by atoms with Gasteiger partial charge in [-0.15, -0.1) is 10.2 Å². The van der Waals surface area contributed by atoms with Gasteiger partial charge in [0, 0.05) is 6.54 Å². The van der Waals surface area contributed by atoms with E-state index >= 15 is 0 Å². The Morgan fingerprint density at radius 2 is 2.05 bits per heavy atom. The number of aliphatic hydroxyl groups is 1. The number of nitrogens with zero attached hydrogens (tertiary/aromatic N) is 3. The van der Waals surface area contributed by atoms with Crippen LogP contribution in [0.4, 0.5) is 0 Å². The Labute approximate surface area is 122 Å². The zero-order valence-electron chi connectivity index (χ0n) is 11.7. The van der Waals surface area contributed by atoms with Crippen molar-refractivity contribution in [2.24, 2.45) is 5.41 Å². The first kappa shape index (κ1) is 15.3. The summed E-state index contributed by atoms with van der Waals surface area (Å²) in [5.41, 5.74) is 0.184. The first-order chi connectivity index (χ1) is 9.54. The fourth-order valence-electron chi connectivity index (χ4n) is 2.77. The zero-order valence-corrected chi connectivity index (χ0v) is 12.5. The van der Waals surface area contributed by atoms with Gasteiger partial charge >= 0.3 is 5.97 Å². The van der Waals surface area contributed by atoms with E-state index in [0.717, 1.165) is 31.1 Å². The molecular formula is C13H21N3O3S. The second-order valence-electron chi connectivity index (χ2n) is 5.70. The third-order valence-corrected chi connectivity index (χ3v) is 4.81. The predicted octanol–water partition coefficient (Wildman–Crippen LogP) is 1.92. The molecule has 1 aromatic heterocycles. The van der Waals surface area contributed by atoms with Crippen LogP contribution in [0.2, 0.25) is 0 Å². The van der Waals surface area contributed by atoms with Gasteiger partial charge in [-0.1, -0.05) is 37.9 Å². The summed E-state index contributed by atoms with van der Waals surface area (Å²) in [7, 11) is 0. The van der Waals surface area contributed by atoms with Crippen molar-refractivity contribution in [1.82, 2.24) is 14.8 Å². The van der Waals surface area contributed by atoms with E-state index < -0.39 is 5.97 Å². The lowest BCUT2D eigenvalue weighted by Gasteiger charge is -2.34. The number of carbonyl (C=O) groups is 1. The molecule has 1 fully saturated rings. The summed E-state index contributed by atoms with van der Waals surface area (Å²) in [5.74, 6) is -0.399. The van der Waals surface area contributed by atoms with E-state index in [1.807, 2.05) is 4.57 Å². The average molecular weight is 299 g/mol. The third kappa shape index (κ3) is 3.73. The molecule has 1 aromatic rings. The largest absolute Gasteiger partial charge is 0.481 e. The van der Waals surface area contributed by atoms with E-state index in [9.17, 15) is 9.90 Å².